The van der Waals surface area contributed by atoms with E-state index in [1.807, 2.05) is 72.1 Å². The summed E-state index contributed by atoms with van der Waals surface area (Å²) in [5, 5.41) is 0. The molecule has 0 fully saturated rings. The fraction of sp³-hybridized carbons (Fsp3) is 0.286. The van der Waals surface area contributed by atoms with Gasteiger partial charge in [0.1, 0.15) is 12.4 Å². The van der Waals surface area contributed by atoms with Crippen LogP contribution in [0.3, 0.4) is 0 Å². The number of aromatic nitrogens is 1. The Labute approximate surface area is 330 Å². The highest BCUT2D eigenvalue weighted by molar-refractivity contribution is 8.03. The summed E-state index contributed by atoms with van der Waals surface area (Å²) in [7, 11) is 0. The van der Waals surface area contributed by atoms with Gasteiger partial charge in [-0.1, -0.05) is 140 Å². The normalized spacial score (nSPS) is 10.3. The molecule has 0 amide bonds. The minimum absolute atomic E-state index is 0.518. The van der Waals surface area contributed by atoms with Crippen molar-refractivity contribution in [2.45, 2.75) is 85.7 Å². The van der Waals surface area contributed by atoms with Gasteiger partial charge in [0.25, 0.3) is 0 Å². The van der Waals surface area contributed by atoms with Gasteiger partial charge in [-0.15, -0.1) is 23.5 Å². The summed E-state index contributed by atoms with van der Waals surface area (Å²) in [6, 6.07) is 42.1. The Balaban J connectivity index is 0.000000248. The summed E-state index contributed by atoms with van der Waals surface area (Å²) in [6.07, 6.45) is 12.7. The lowest BCUT2D eigenvalue weighted by molar-refractivity contribution is 0.301. The van der Waals surface area contributed by atoms with Crippen molar-refractivity contribution in [3.05, 3.63) is 196 Å². The third kappa shape index (κ3) is 22.4. The van der Waals surface area contributed by atoms with Crippen LogP contribution in [-0.2, 0) is 19.4 Å². The van der Waals surface area contributed by atoms with Gasteiger partial charge < -0.3 is 4.74 Å². The predicted octanol–water partition coefficient (Wildman–Crippen LogP) is 14.4. The molecule has 0 aliphatic rings. The Morgan fingerprint density at radius 2 is 1.25 bits per heavy atom. The number of allylic oxidation sites excluding steroid dienone is 4. The van der Waals surface area contributed by atoms with Crippen LogP contribution in [0.25, 0.3) is 0 Å². The first kappa shape index (κ1) is 44.9. The van der Waals surface area contributed by atoms with Crippen LogP contribution in [0.1, 0.15) is 74.0 Å². The first-order valence-electron chi connectivity index (χ1n) is 18.7. The maximum absolute atomic E-state index is 5.58. The molecule has 1 heterocycles. The van der Waals surface area contributed by atoms with Crippen molar-refractivity contribution in [1.29, 1.82) is 0 Å². The molecular weight excluding hydrogens is 683 g/mol. The van der Waals surface area contributed by atoms with Gasteiger partial charge in [0.05, 0.1) is 5.69 Å². The molecule has 0 spiro atoms. The van der Waals surface area contributed by atoms with Gasteiger partial charge in [0.2, 0.25) is 0 Å². The molecule has 0 aliphatic carbocycles. The van der Waals surface area contributed by atoms with Gasteiger partial charge in [-0.3, -0.25) is 4.98 Å². The first-order valence-corrected chi connectivity index (χ1v) is 20.7. The van der Waals surface area contributed by atoms with E-state index in [0.29, 0.717) is 6.61 Å². The van der Waals surface area contributed by atoms with Crippen LogP contribution in [0.2, 0.25) is 0 Å². The van der Waals surface area contributed by atoms with Crippen molar-refractivity contribution in [3.63, 3.8) is 0 Å². The lowest BCUT2D eigenvalue weighted by Crippen LogP contribution is -1.97. The quantitative estimate of drug-likeness (QED) is 0.0834. The maximum Gasteiger partial charge on any atom is 0.130 e. The summed E-state index contributed by atoms with van der Waals surface area (Å²) in [4.78, 5) is 6.82. The Morgan fingerprint density at radius 3 is 1.77 bits per heavy atom. The molecule has 2 nitrogen and oxygen atoms in total. The van der Waals surface area contributed by atoms with Crippen LogP contribution >= 0.6 is 23.5 Å². The highest BCUT2D eigenvalue weighted by atomic mass is 32.2. The average Bonchev–Trinajstić information content (AvgIpc) is 3.18. The van der Waals surface area contributed by atoms with Crippen molar-refractivity contribution in [2.24, 2.45) is 0 Å². The summed E-state index contributed by atoms with van der Waals surface area (Å²) in [5.41, 5.74) is 9.06. The topological polar surface area (TPSA) is 22.1 Å². The zero-order chi connectivity index (χ0) is 38.5. The highest BCUT2D eigenvalue weighted by Crippen LogP contribution is 2.19. The van der Waals surface area contributed by atoms with Gasteiger partial charge in [0, 0.05) is 16.0 Å². The zero-order valence-electron chi connectivity index (χ0n) is 33.2. The molecule has 4 heteroatoms. The lowest BCUT2D eigenvalue weighted by Gasteiger charge is -2.05. The third-order valence-electron chi connectivity index (χ3n) is 7.62. The molecular formula is C49H61NOS2. The molecule has 0 atom stereocenters. The Hall–Kier alpha value is -4.25. The molecule has 0 radical (unpaired) electrons. The second kappa shape index (κ2) is 28.3. The van der Waals surface area contributed by atoms with Crippen molar-refractivity contribution in [1.82, 2.24) is 4.98 Å². The number of hydrogen-bond donors (Lipinski definition) is 0. The Bertz CT molecular complexity index is 1710. The standard InChI is InChI=1S/C16H18.C13H13NO.C10H14S.C10H16S/c1-14-10-12-16(13-11-14)9-5-8-15-6-3-2-4-7-15;1-11-5-7-13(8-6-11)15-10-12-4-2-3-9-14-12;1-3-8-11-10-6-4-9(2)5-7-10;1-5-10(11-6-2)8-7-9(3)4/h2-4,6-7,10-13H,5,8-9H2,1H3;2-9H,10H2,1H3;4-7H,3,8H2,1-2H3;5,7-8H,1,6H2,2-4H3/b;;;10-8+. The molecule has 0 saturated carbocycles. The molecule has 4 aromatic carbocycles. The molecule has 280 valence electrons. The SMILES string of the molecule is C=C/C(=C\C=C(C)C)SCC.CCCSc1ccc(C)cc1.Cc1ccc(CCCc2ccccc2)cc1.Cc1ccc(OCc2ccccn2)cc1. The van der Waals surface area contributed by atoms with Crippen LogP contribution in [0.4, 0.5) is 0 Å². The fourth-order valence-corrected chi connectivity index (χ4v) is 6.00. The van der Waals surface area contributed by atoms with Gasteiger partial charge in [-0.2, -0.15) is 0 Å². The van der Waals surface area contributed by atoms with E-state index < -0.39 is 0 Å². The predicted molar refractivity (Wildman–Crippen MR) is 237 cm³/mol. The number of benzene rings is 4. The van der Waals surface area contributed by atoms with E-state index in [2.05, 4.69) is 151 Å². The minimum Gasteiger partial charge on any atom is -0.487 e. The van der Waals surface area contributed by atoms with E-state index in [-0.39, 0.29) is 0 Å². The van der Waals surface area contributed by atoms with Crippen LogP contribution in [0.5, 0.6) is 5.75 Å². The summed E-state index contributed by atoms with van der Waals surface area (Å²) >= 11 is 3.75. The molecule has 0 saturated heterocycles. The number of nitrogens with zero attached hydrogens (tertiary/aromatic N) is 1. The van der Waals surface area contributed by atoms with Gasteiger partial charge in [-0.05, 0) is 125 Å². The number of pyridine rings is 1. The minimum atomic E-state index is 0.518. The van der Waals surface area contributed by atoms with Crippen LogP contribution < -0.4 is 4.74 Å². The van der Waals surface area contributed by atoms with E-state index in [4.69, 9.17) is 4.74 Å². The molecule has 0 aliphatic heterocycles. The van der Waals surface area contributed by atoms with E-state index in [0.717, 1.165) is 17.2 Å². The summed E-state index contributed by atoms with van der Waals surface area (Å²) in [6.45, 7) is 19.1. The first-order chi connectivity index (χ1) is 25.7. The van der Waals surface area contributed by atoms with Gasteiger partial charge in [-0.25, -0.2) is 0 Å². The summed E-state index contributed by atoms with van der Waals surface area (Å²) < 4.78 is 5.58. The third-order valence-corrected chi connectivity index (χ3v) is 9.76. The highest BCUT2D eigenvalue weighted by Gasteiger charge is 1.97. The number of hydrogen-bond acceptors (Lipinski definition) is 4. The second-order valence-corrected chi connectivity index (χ2v) is 15.4. The van der Waals surface area contributed by atoms with Crippen LogP contribution in [0.15, 0.2) is 168 Å². The fourth-order valence-electron chi connectivity index (χ4n) is 4.62. The van der Waals surface area contributed by atoms with E-state index in [1.165, 1.54) is 74.6 Å². The van der Waals surface area contributed by atoms with Gasteiger partial charge in [0.15, 0.2) is 0 Å². The number of thioether (sulfide) groups is 2. The van der Waals surface area contributed by atoms with Crippen molar-refractivity contribution in [3.8, 4) is 5.75 Å². The monoisotopic (exact) mass is 743 g/mol. The van der Waals surface area contributed by atoms with Crippen molar-refractivity contribution in [2.75, 3.05) is 11.5 Å². The van der Waals surface area contributed by atoms with Crippen molar-refractivity contribution >= 4 is 23.5 Å². The largest absolute Gasteiger partial charge is 0.487 e. The van der Waals surface area contributed by atoms with E-state index in [1.54, 1.807) is 6.20 Å². The molecule has 0 N–H and O–H groups in total. The number of rotatable bonds is 14. The molecule has 5 rings (SSSR count). The Kier molecular flexibility index (Phi) is 24.0. The molecule has 0 bridgehead atoms. The average molecular weight is 744 g/mol. The van der Waals surface area contributed by atoms with E-state index in [9.17, 15) is 0 Å². The lowest BCUT2D eigenvalue weighted by atomic mass is 10.0. The zero-order valence-corrected chi connectivity index (χ0v) is 34.8. The smallest absolute Gasteiger partial charge is 0.130 e. The molecule has 0 unspecified atom stereocenters. The van der Waals surface area contributed by atoms with Crippen LogP contribution in [0, 0.1) is 20.8 Å². The number of ether oxygens (including phenoxy) is 1. The molecule has 53 heavy (non-hydrogen) atoms. The van der Waals surface area contributed by atoms with Gasteiger partial charge >= 0.3 is 0 Å². The second-order valence-electron chi connectivity index (χ2n) is 12.9. The molecule has 1 aromatic heterocycles. The maximum atomic E-state index is 5.58. The Morgan fingerprint density at radius 1 is 0.679 bits per heavy atom. The van der Waals surface area contributed by atoms with Crippen molar-refractivity contribution < 1.29 is 4.74 Å². The van der Waals surface area contributed by atoms with E-state index >= 15 is 0 Å². The molecule has 5 aromatic rings. The number of aryl methyl sites for hydroxylation is 5. The van der Waals surface area contributed by atoms with Crippen LogP contribution in [-0.4, -0.2) is 16.5 Å². The summed E-state index contributed by atoms with van der Waals surface area (Å²) in [5.74, 6) is 3.21.